The minimum atomic E-state index is 0.0526. The molecule has 0 aliphatic rings. The number of aryl methyl sites for hydroxylation is 1. The Morgan fingerprint density at radius 3 is 2.90 bits per heavy atom. The number of Topliss-reactive ketones (excluding diaryl/α,β-unsaturated/α-hetero) is 1. The summed E-state index contributed by atoms with van der Waals surface area (Å²) in [6.45, 7) is 1.81. The van der Waals surface area contributed by atoms with Crippen molar-refractivity contribution in [2.45, 2.75) is 6.92 Å². The summed E-state index contributed by atoms with van der Waals surface area (Å²) in [6, 6.07) is 1.73. The van der Waals surface area contributed by atoms with E-state index in [1.807, 2.05) is 6.92 Å². The molecule has 0 saturated heterocycles. The molecular formula is C7H7BrO2. The Bertz CT molecular complexity index is 240. The number of carbonyl (C=O) groups is 1. The molecule has 54 valence electrons. The molecule has 0 saturated carbocycles. The van der Waals surface area contributed by atoms with E-state index in [2.05, 4.69) is 15.9 Å². The van der Waals surface area contributed by atoms with E-state index >= 15 is 0 Å². The van der Waals surface area contributed by atoms with E-state index in [-0.39, 0.29) is 5.78 Å². The molecule has 0 fully saturated rings. The average Bonchev–Trinajstić information content (AvgIpc) is 2.34. The predicted octanol–water partition coefficient (Wildman–Crippen LogP) is 2.17. The molecule has 0 aliphatic heterocycles. The Balaban J connectivity index is 2.85. The van der Waals surface area contributed by atoms with Crippen LogP contribution in [0.15, 0.2) is 16.7 Å². The molecule has 1 aromatic heterocycles. The molecule has 1 aromatic rings. The maximum atomic E-state index is 10.9. The van der Waals surface area contributed by atoms with Crippen LogP contribution < -0.4 is 0 Å². The van der Waals surface area contributed by atoms with Gasteiger partial charge in [-0.15, -0.1) is 0 Å². The predicted molar refractivity (Wildman–Crippen MR) is 41.6 cm³/mol. The molecule has 1 rings (SSSR count). The number of carbonyl (C=O) groups excluding carboxylic acids is 1. The van der Waals surface area contributed by atoms with Crippen LogP contribution in [0, 0.1) is 6.92 Å². The zero-order chi connectivity index (χ0) is 7.56. The van der Waals surface area contributed by atoms with Crippen LogP contribution in [0.25, 0.3) is 0 Å². The summed E-state index contributed by atoms with van der Waals surface area (Å²) in [4.78, 5) is 10.9. The SMILES string of the molecule is Cc1cc(C(=O)CBr)co1. The number of hydrogen-bond acceptors (Lipinski definition) is 2. The third kappa shape index (κ3) is 1.48. The average molecular weight is 203 g/mol. The second-order valence-electron chi connectivity index (χ2n) is 2.00. The number of alkyl halides is 1. The summed E-state index contributed by atoms with van der Waals surface area (Å²) in [6.07, 6.45) is 1.47. The van der Waals surface area contributed by atoms with Gasteiger partial charge >= 0.3 is 0 Å². The van der Waals surface area contributed by atoms with Crippen LogP contribution in [0.2, 0.25) is 0 Å². The van der Waals surface area contributed by atoms with Crippen LogP contribution in [-0.2, 0) is 0 Å². The molecule has 0 bridgehead atoms. The van der Waals surface area contributed by atoms with Gasteiger partial charge in [0.25, 0.3) is 0 Å². The number of hydrogen-bond donors (Lipinski definition) is 0. The summed E-state index contributed by atoms with van der Waals surface area (Å²) in [5, 5.41) is 0.353. The summed E-state index contributed by atoms with van der Waals surface area (Å²) < 4.78 is 4.95. The van der Waals surface area contributed by atoms with Crippen molar-refractivity contribution in [3.63, 3.8) is 0 Å². The fraction of sp³-hybridized carbons (Fsp3) is 0.286. The molecule has 0 unspecified atom stereocenters. The Morgan fingerprint density at radius 2 is 2.50 bits per heavy atom. The van der Waals surface area contributed by atoms with E-state index in [0.717, 1.165) is 5.76 Å². The van der Waals surface area contributed by atoms with Gasteiger partial charge in [0.2, 0.25) is 0 Å². The Kier molecular flexibility index (Phi) is 2.27. The van der Waals surface area contributed by atoms with E-state index in [0.29, 0.717) is 10.9 Å². The first kappa shape index (κ1) is 7.54. The van der Waals surface area contributed by atoms with Gasteiger partial charge in [0.05, 0.1) is 10.9 Å². The molecule has 2 nitrogen and oxygen atoms in total. The van der Waals surface area contributed by atoms with Gasteiger partial charge in [-0.1, -0.05) is 15.9 Å². The lowest BCUT2D eigenvalue weighted by Crippen LogP contribution is -1.96. The fourth-order valence-corrected chi connectivity index (χ4v) is 0.991. The second kappa shape index (κ2) is 3.01. The van der Waals surface area contributed by atoms with Crippen molar-refractivity contribution in [2.75, 3.05) is 5.33 Å². The van der Waals surface area contributed by atoms with Gasteiger partial charge in [0.15, 0.2) is 5.78 Å². The zero-order valence-corrected chi connectivity index (χ0v) is 7.14. The number of ketones is 1. The summed E-state index contributed by atoms with van der Waals surface area (Å²) in [5.74, 6) is 0.821. The molecule has 10 heavy (non-hydrogen) atoms. The molecule has 0 spiro atoms. The Morgan fingerprint density at radius 1 is 1.80 bits per heavy atom. The van der Waals surface area contributed by atoms with E-state index in [9.17, 15) is 4.79 Å². The first-order valence-electron chi connectivity index (χ1n) is 2.88. The van der Waals surface area contributed by atoms with Gasteiger partial charge in [-0.2, -0.15) is 0 Å². The number of halogens is 1. The van der Waals surface area contributed by atoms with Crippen LogP contribution in [0.4, 0.5) is 0 Å². The molecule has 0 radical (unpaired) electrons. The largest absolute Gasteiger partial charge is 0.469 e. The van der Waals surface area contributed by atoms with Crippen LogP contribution >= 0.6 is 15.9 Å². The van der Waals surface area contributed by atoms with E-state index < -0.39 is 0 Å². The third-order valence-electron chi connectivity index (χ3n) is 1.17. The molecular weight excluding hydrogens is 196 g/mol. The molecule has 0 atom stereocenters. The highest BCUT2D eigenvalue weighted by Gasteiger charge is 2.05. The third-order valence-corrected chi connectivity index (χ3v) is 1.68. The first-order chi connectivity index (χ1) is 4.74. The monoisotopic (exact) mass is 202 g/mol. The van der Waals surface area contributed by atoms with E-state index in [4.69, 9.17) is 4.42 Å². The molecule has 0 N–H and O–H groups in total. The lowest BCUT2D eigenvalue weighted by Gasteiger charge is -1.84. The van der Waals surface area contributed by atoms with Crippen molar-refractivity contribution in [1.82, 2.24) is 0 Å². The quantitative estimate of drug-likeness (QED) is 0.544. The maximum absolute atomic E-state index is 10.9. The van der Waals surface area contributed by atoms with Crippen molar-refractivity contribution < 1.29 is 9.21 Å². The van der Waals surface area contributed by atoms with Crippen molar-refractivity contribution in [3.8, 4) is 0 Å². The van der Waals surface area contributed by atoms with Gasteiger partial charge in [-0.25, -0.2) is 0 Å². The molecule has 0 amide bonds. The van der Waals surface area contributed by atoms with Crippen LogP contribution in [0.1, 0.15) is 16.1 Å². The number of rotatable bonds is 2. The summed E-state index contributed by atoms with van der Waals surface area (Å²) in [7, 11) is 0. The highest BCUT2D eigenvalue weighted by Crippen LogP contribution is 2.07. The standard InChI is InChI=1S/C7H7BrO2/c1-5-2-6(4-10-5)7(9)3-8/h2,4H,3H2,1H3. The van der Waals surface area contributed by atoms with Crippen molar-refractivity contribution >= 4 is 21.7 Å². The van der Waals surface area contributed by atoms with Gasteiger partial charge in [0, 0.05) is 0 Å². The van der Waals surface area contributed by atoms with Crippen LogP contribution in [-0.4, -0.2) is 11.1 Å². The van der Waals surface area contributed by atoms with Crippen LogP contribution in [0.5, 0.6) is 0 Å². The normalized spacial score (nSPS) is 9.80. The van der Waals surface area contributed by atoms with Crippen LogP contribution in [0.3, 0.4) is 0 Å². The molecule has 0 aromatic carbocycles. The lowest BCUT2D eigenvalue weighted by molar-refractivity contribution is 0.102. The highest BCUT2D eigenvalue weighted by atomic mass is 79.9. The topological polar surface area (TPSA) is 30.2 Å². The smallest absolute Gasteiger partial charge is 0.176 e. The molecule has 1 heterocycles. The molecule has 3 heteroatoms. The van der Waals surface area contributed by atoms with Crippen molar-refractivity contribution in [3.05, 3.63) is 23.7 Å². The number of furan rings is 1. The van der Waals surface area contributed by atoms with Gasteiger partial charge < -0.3 is 4.42 Å². The van der Waals surface area contributed by atoms with Crippen molar-refractivity contribution in [1.29, 1.82) is 0 Å². The summed E-state index contributed by atoms with van der Waals surface area (Å²) in [5.41, 5.74) is 0.634. The van der Waals surface area contributed by atoms with Gasteiger partial charge in [-0.05, 0) is 13.0 Å². The Hall–Kier alpha value is -0.570. The lowest BCUT2D eigenvalue weighted by atomic mass is 10.2. The first-order valence-corrected chi connectivity index (χ1v) is 4.00. The minimum absolute atomic E-state index is 0.0526. The fourth-order valence-electron chi connectivity index (χ4n) is 0.667. The van der Waals surface area contributed by atoms with E-state index in [1.165, 1.54) is 6.26 Å². The summed E-state index contributed by atoms with van der Waals surface area (Å²) >= 11 is 3.07. The second-order valence-corrected chi connectivity index (χ2v) is 2.56. The maximum Gasteiger partial charge on any atom is 0.176 e. The van der Waals surface area contributed by atoms with Gasteiger partial charge in [-0.3, -0.25) is 4.79 Å². The Labute approximate surface area is 67.3 Å². The molecule has 0 aliphatic carbocycles. The van der Waals surface area contributed by atoms with E-state index in [1.54, 1.807) is 6.07 Å². The minimum Gasteiger partial charge on any atom is -0.469 e. The van der Waals surface area contributed by atoms with Crippen molar-refractivity contribution in [2.24, 2.45) is 0 Å². The zero-order valence-electron chi connectivity index (χ0n) is 5.56. The van der Waals surface area contributed by atoms with Gasteiger partial charge in [0.1, 0.15) is 12.0 Å². The highest BCUT2D eigenvalue weighted by molar-refractivity contribution is 9.09.